The van der Waals surface area contributed by atoms with Crippen molar-refractivity contribution >= 4 is 11.7 Å². The molecule has 1 aromatic rings. The Bertz CT molecular complexity index is 424. The Morgan fingerprint density at radius 2 is 2.18 bits per heavy atom. The first-order chi connectivity index (χ1) is 8.11. The summed E-state index contributed by atoms with van der Waals surface area (Å²) in [5, 5.41) is 3.50. The van der Waals surface area contributed by atoms with Crippen LogP contribution in [0.3, 0.4) is 0 Å². The topological polar surface area (TPSA) is 38.3 Å². The number of esters is 1. The number of anilines is 1. The molecule has 0 bridgehead atoms. The van der Waals surface area contributed by atoms with Gasteiger partial charge in [-0.25, -0.2) is 4.79 Å². The lowest BCUT2D eigenvalue weighted by Crippen LogP contribution is -2.18. The zero-order valence-electron chi connectivity index (χ0n) is 10.6. The van der Waals surface area contributed by atoms with Gasteiger partial charge in [-0.3, -0.25) is 0 Å². The molecular weight excluding hydrogens is 214 g/mol. The lowest BCUT2D eigenvalue weighted by Gasteiger charge is -2.16. The molecule has 0 radical (unpaired) electrons. The molecule has 0 amide bonds. The van der Waals surface area contributed by atoms with E-state index in [1.807, 2.05) is 19.1 Å². The summed E-state index contributed by atoms with van der Waals surface area (Å²) in [5.41, 5.74) is 2.80. The van der Waals surface area contributed by atoms with Crippen LogP contribution in [0.15, 0.2) is 18.2 Å². The summed E-state index contributed by atoms with van der Waals surface area (Å²) in [7, 11) is 1.40. The molecule has 0 spiro atoms. The molecule has 1 aliphatic carbocycles. The quantitative estimate of drug-likeness (QED) is 0.812. The molecule has 0 aromatic heterocycles. The summed E-state index contributed by atoms with van der Waals surface area (Å²) in [4.78, 5) is 11.4. The second kappa shape index (κ2) is 4.78. The third-order valence-corrected chi connectivity index (χ3v) is 3.36. The SMILES string of the molecule is COC(=O)c1ccc(NC(C)C2CC2)c(C)c1. The number of methoxy groups -OCH3 is 1. The van der Waals surface area contributed by atoms with Crippen LogP contribution in [0, 0.1) is 12.8 Å². The van der Waals surface area contributed by atoms with Crippen LogP contribution in [0.4, 0.5) is 5.69 Å². The molecule has 92 valence electrons. The molecule has 1 atom stereocenters. The predicted octanol–water partition coefficient (Wildman–Crippen LogP) is 2.99. The molecule has 1 aromatic carbocycles. The molecular formula is C14H19NO2. The monoisotopic (exact) mass is 233 g/mol. The Hall–Kier alpha value is -1.51. The molecule has 1 unspecified atom stereocenters. The zero-order valence-corrected chi connectivity index (χ0v) is 10.6. The van der Waals surface area contributed by atoms with Gasteiger partial charge in [-0.05, 0) is 56.4 Å². The van der Waals surface area contributed by atoms with Crippen molar-refractivity contribution in [3.8, 4) is 0 Å². The van der Waals surface area contributed by atoms with Gasteiger partial charge in [0.1, 0.15) is 0 Å². The van der Waals surface area contributed by atoms with Crippen LogP contribution in [0.25, 0.3) is 0 Å². The van der Waals surface area contributed by atoms with Crippen molar-refractivity contribution in [2.45, 2.75) is 32.7 Å². The van der Waals surface area contributed by atoms with E-state index in [2.05, 4.69) is 12.2 Å². The van der Waals surface area contributed by atoms with Crippen LogP contribution in [0.2, 0.25) is 0 Å². The highest BCUT2D eigenvalue weighted by Gasteiger charge is 2.27. The predicted molar refractivity (Wildman–Crippen MR) is 68.3 cm³/mol. The highest BCUT2D eigenvalue weighted by Crippen LogP contribution is 2.34. The van der Waals surface area contributed by atoms with Gasteiger partial charge in [0.05, 0.1) is 12.7 Å². The summed E-state index contributed by atoms with van der Waals surface area (Å²) < 4.78 is 4.70. The third-order valence-electron chi connectivity index (χ3n) is 3.36. The van der Waals surface area contributed by atoms with E-state index in [4.69, 9.17) is 4.74 Å². The fourth-order valence-corrected chi connectivity index (χ4v) is 2.03. The smallest absolute Gasteiger partial charge is 0.337 e. The molecule has 1 aliphatic rings. The van der Waals surface area contributed by atoms with Crippen LogP contribution in [0.1, 0.15) is 35.7 Å². The minimum atomic E-state index is -0.283. The first-order valence-electron chi connectivity index (χ1n) is 6.07. The first kappa shape index (κ1) is 12.0. The summed E-state index contributed by atoms with van der Waals surface area (Å²) in [6.07, 6.45) is 2.65. The van der Waals surface area contributed by atoms with Gasteiger partial charge in [0, 0.05) is 11.7 Å². The van der Waals surface area contributed by atoms with Crippen molar-refractivity contribution in [3.63, 3.8) is 0 Å². The lowest BCUT2D eigenvalue weighted by molar-refractivity contribution is 0.0600. The second-order valence-electron chi connectivity index (χ2n) is 4.79. The molecule has 1 fully saturated rings. The maximum Gasteiger partial charge on any atom is 0.337 e. The number of rotatable bonds is 4. The Balaban J connectivity index is 2.10. The standard InChI is InChI=1S/C14H19NO2/c1-9-8-12(14(16)17-3)6-7-13(9)15-10(2)11-4-5-11/h6-8,10-11,15H,4-5H2,1-3H3. The molecule has 0 heterocycles. The van der Waals surface area contributed by atoms with E-state index in [-0.39, 0.29) is 5.97 Å². The van der Waals surface area contributed by atoms with Gasteiger partial charge in [-0.2, -0.15) is 0 Å². The third kappa shape index (κ3) is 2.78. The van der Waals surface area contributed by atoms with Crippen molar-refractivity contribution < 1.29 is 9.53 Å². The van der Waals surface area contributed by atoms with Gasteiger partial charge in [-0.15, -0.1) is 0 Å². The highest BCUT2D eigenvalue weighted by atomic mass is 16.5. The van der Waals surface area contributed by atoms with Crippen LogP contribution >= 0.6 is 0 Å². The average molecular weight is 233 g/mol. The number of carbonyl (C=O) groups excluding carboxylic acids is 1. The highest BCUT2D eigenvalue weighted by molar-refractivity contribution is 5.90. The summed E-state index contributed by atoms with van der Waals surface area (Å²) in [6.45, 7) is 4.22. The van der Waals surface area contributed by atoms with E-state index < -0.39 is 0 Å². The summed E-state index contributed by atoms with van der Waals surface area (Å²) >= 11 is 0. The number of aryl methyl sites for hydroxylation is 1. The summed E-state index contributed by atoms with van der Waals surface area (Å²) in [6, 6.07) is 6.15. The van der Waals surface area contributed by atoms with Gasteiger partial charge >= 0.3 is 5.97 Å². The largest absolute Gasteiger partial charge is 0.465 e. The Morgan fingerprint density at radius 1 is 1.47 bits per heavy atom. The van der Waals surface area contributed by atoms with Gasteiger partial charge in [0.2, 0.25) is 0 Å². The van der Waals surface area contributed by atoms with E-state index in [0.29, 0.717) is 11.6 Å². The van der Waals surface area contributed by atoms with E-state index in [1.54, 1.807) is 6.07 Å². The number of nitrogens with one attached hydrogen (secondary N) is 1. The molecule has 2 rings (SSSR count). The number of hydrogen-bond donors (Lipinski definition) is 1. The number of hydrogen-bond acceptors (Lipinski definition) is 3. The summed E-state index contributed by atoms with van der Waals surface area (Å²) in [5.74, 6) is 0.532. The average Bonchev–Trinajstić information content (AvgIpc) is 3.14. The molecule has 1 N–H and O–H groups in total. The fraction of sp³-hybridized carbons (Fsp3) is 0.500. The van der Waals surface area contributed by atoms with Gasteiger partial charge in [-0.1, -0.05) is 0 Å². The Morgan fingerprint density at radius 3 is 2.71 bits per heavy atom. The van der Waals surface area contributed by atoms with Crippen molar-refractivity contribution in [2.24, 2.45) is 5.92 Å². The molecule has 0 saturated heterocycles. The van der Waals surface area contributed by atoms with Crippen molar-refractivity contribution in [1.82, 2.24) is 0 Å². The van der Waals surface area contributed by atoms with Gasteiger partial charge in [0.25, 0.3) is 0 Å². The lowest BCUT2D eigenvalue weighted by atomic mass is 10.1. The minimum absolute atomic E-state index is 0.283. The van der Waals surface area contributed by atoms with Crippen molar-refractivity contribution in [3.05, 3.63) is 29.3 Å². The number of carbonyl (C=O) groups is 1. The Labute approximate surface area is 102 Å². The van der Waals surface area contributed by atoms with Crippen molar-refractivity contribution in [1.29, 1.82) is 0 Å². The van der Waals surface area contributed by atoms with E-state index >= 15 is 0 Å². The molecule has 0 aliphatic heterocycles. The van der Waals surface area contributed by atoms with E-state index in [1.165, 1.54) is 20.0 Å². The fourth-order valence-electron chi connectivity index (χ4n) is 2.03. The minimum Gasteiger partial charge on any atom is -0.465 e. The number of ether oxygens (including phenoxy) is 1. The van der Waals surface area contributed by atoms with Crippen molar-refractivity contribution in [2.75, 3.05) is 12.4 Å². The van der Waals surface area contributed by atoms with Crippen LogP contribution in [-0.2, 0) is 4.74 Å². The second-order valence-corrected chi connectivity index (χ2v) is 4.79. The van der Waals surface area contributed by atoms with E-state index in [9.17, 15) is 4.79 Å². The van der Waals surface area contributed by atoms with Gasteiger partial charge in [0.15, 0.2) is 0 Å². The molecule has 17 heavy (non-hydrogen) atoms. The number of benzene rings is 1. The Kier molecular flexibility index (Phi) is 3.36. The maximum absolute atomic E-state index is 11.4. The maximum atomic E-state index is 11.4. The first-order valence-corrected chi connectivity index (χ1v) is 6.07. The van der Waals surface area contributed by atoms with E-state index in [0.717, 1.165) is 17.2 Å². The van der Waals surface area contributed by atoms with Crippen LogP contribution in [-0.4, -0.2) is 19.1 Å². The normalized spacial score (nSPS) is 16.4. The molecule has 3 nitrogen and oxygen atoms in total. The van der Waals surface area contributed by atoms with Gasteiger partial charge < -0.3 is 10.1 Å². The molecule has 3 heteroatoms. The zero-order chi connectivity index (χ0) is 12.4. The molecule has 1 saturated carbocycles. The van der Waals surface area contributed by atoms with Crippen LogP contribution < -0.4 is 5.32 Å². The van der Waals surface area contributed by atoms with Crippen LogP contribution in [0.5, 0.6) is 0 Å².